The first-order chi connectivity index (χ1) is 7.62. The predicted molar refractivity (Wildman–Crippen MR) is 71.5 cm³/mol. The molecule has 0 unspecified atom stereocenters. The minimum atomic E-state index is -0.388. The second-order valence-corrected chi connectivity index (χ2v) is 4.98. The molecular formula is C15H28O. The fourth-order valence-electron chi connectivity index (χ4n) is 1.60. The van der Waals surface area contributed by atoms with Crippen LogP contribution in [0.15, 0.2) is 0 Å². The molecule has 0 aromatic carbocycles. The Bertz CT molecular complexity index is 188. The molecule has 0 aromatic rings. The van der Waals surface area contributed by atoms with E-state index >= 15 is 0 Å². The van der Waals surface area contributed by atoms with Crippen molar-refractivity contribution in [3.63, 3.8) is 0 Å². The van der Waals surface area contributed by atoms with Gasteiger partial charge in [0, 0.05) is 6.61 Å². The molecule has 0 N–H and O–H groups in total. The van der Waals surface area contributed by atoms with Gasteiger partial charge >= 0.3 is 0 Å². The van der Waals surface area contributed by atoms with Crippen LogP contribution in [0, 0.1) is 12.3 Å². The van der Waals surface area contributed by atoms with E-state index in [1.54, 1.807) is 0 Å². The number of unbranched alkanes of at least 4 members (excludes halogenated alkanes) is 7. The zero-order valence-electron chi connectivity index (χ0n) is 11.3. The molecule has 0 aliphatic rings. The average molecular weight is 224 g/mol. The van der Waals surface area contributed by atoms with Crippen molar-refractivity contribution in [2.24, 2.45) is 0 Å². The summed E-state index contributed by atoms with van der Waals surface area (Å²) in [6, 6.07) is 0. The molecule has 94 valence electrons. The number of ether oxygens (including phenoxy) is 1. The smallest absolute Gasteiger partial charge is 0.122 e. The molecule has 0 fully saturated rings. The van der Waals surface area contributed by atoms with Crippen molar-refractivity contribution in [1.82, 2.24) is 0 Å². The summed E-state index contributed by atoms with van der Waals surface area (Å²) in [4.78, 5) is 0. The van der Waals surface area contributed by atoms with E-state index in [0.29, 0.717) is 0 Å². The molecule has 1 nitrogen and oxygen atoms in total. The summed E-state index contributed by atoms with van der Waals surface area (Å²) in [6.45, 7) is 6.94. The first-order valence-corrected chi connectivity index (χ1v) is 6.74. The highest BCUT2D eigenvalue weighted by molar-refractivity contribution is 5.02. The number of hydrogen-bond donors (Lipinski definition) is 0. The summed E-state index contributed by atoms with van der Waals surface area (Å²) in [5.41, 5.74) is -0.388. The van der Waals surface area contributed by atoms with Crippen molar-refractivity contribution in [3.05, 3.63) is 0 Å². The fraction of sp³-hybridized carbons (Fsp3) is 0.867. The van der Waals surface area contributed by atoms with Crippen molar-refractivity contribution in [2.45, 2.75) is 77.7 Å². The molecule has 0 spiro atoms. The van der Waals surface area contributed by atoms with E-state index in [-0.39, 0.29) is 5.60 Å². The van der Waals surface area contributed by atoms with Crippen LogP contribution in [0.2, 0.25) is 0 Å². The number of rotatable bonds is 10. The topological polar surface area (TPSA) is 9.23 Å². The minimum absolute atomic E-state index is 0.388. The van der Waals surface area contributed by atoms with E-state index in [9.17, 15) is 0 Å². The van der Waals surface area contributed by atoms with E-state index in [1.165, 1.54) is 44.9 Å². The summed E-state index contributed by atoms with van der Waals surface area (Å²) in [6.07, 6.45) is 16.0. The Morgan fingerprint density at radius 2 is 1.44 bits per heavy atom. The lowest BCUT2D eigenvalue weighted by atomic mass is 10.1. The van der Waals surface area contributed by atoms with Crippen molar-refractivity contribution in [2.75, 3.05) is 6.61 Å². The number of hydrogen-bond acceptors (Lipinski definition) is 1. The Morgan fingerprint density at radius 1 is 0.938 bits per heavy atom. The third kappa shape index (κ3) is 10.1. The van der Waals surface area contributed by atoms with Gasteiger partial charge in [-0.05, 0) is 20.3 Å². The van der Waals surface area contributed by atoms with E-state index in [2.05, 4.69) is 12.8 Å². The Labute approximate surface area is 102 Å². The highest BCUT2D eigenvalue weighted by Crippen LogP contribution is 2.11. The monoisotopic (exact) mass is 224 g/mol. The molecule has 0 aromatic heterocycles. The Kier molecular flexibility index (Phi) is 9.43. The van der Waals surface area contributed by atoms with Crippen LogP contribution in [0.1, 0.15) is 72.1 Å². The SMILES string of the molecule is C#CC(C)(C)OCCCCCCCCCC. The lowest BCUT2D eigenvalue weighted by molar-refractivity contribution is 0.0248. The van der Waals surface area contributed by atoms with Crippen LogP contribution in [0.3, 0.4) is 0 Å². The zero-order chi connectivity index (χ0) is 12.3. The Balaban J connectivity index is 3.14. The van der Waals surface area contributed by atoms with Gasteiger partial charge in [-0.15, -0.1) is 6.42 Å². The first-order valence-electron chi connectivity index (χ1n) is 6.74. The van der Waals surface area contributed by atoms with Crippen LogP contribution in [-0.2, 0) is 4.74 Å². The summed E-state index contributed by atoms with van der Waals surface area (Å²) >= 11 is 0. The first kappa shape index (κ1) is 15.5. The van der Waals surface area contributed by atoms with Gasteiger partial charge in [0.15, 0.2) is 0 Å². The van der Waals surface area contributed by atoms with Gasteiger partial charge in [0.2, 0.25) is 0 Å². The second-order valence-electron chi connectivity index (χ2n) is 4.98. The normalized spacial score (nSPS) is 11.4. The second kappa shape index (κ2) is 9.73. The van der Waals surface area contributed by atoms with Crippen molar-refractivity contribution >= 4 is 0 Å². The Hall–Kier alpha value is -0.480. The lowest BCUT2D eigenvalue weighted by Crippen LogP contribution is -2.22. The molecule has 16 heavy (non-hydrogen) atoms. The molecule has 0 atom stereocenters. The largest absolute Gasteiger partial charge is 0.363 e. The van der Waals surface area contributed by atoms with Gasteiger partial charge < -0.3 is 4.74 Å². The molecule has 0 heterocycles. The standard InChI is InChI=1S/C15H28O/c1-5-7-8-9-10-11-12-13-14-16-15(3,4)6-2/h2H,5,7-14H2,1,3-4H3. The van der Waals surface area contributed by atoms with Crippen LogP contribution in [0.5, 0.6) is 0 Å². The number of terminal acetylenes is 1. The maximum Gasteiger partial charge on any atom is 0.122 e. The van der Waals surface area contributed by atoms with Gasteiger partial charge in [-0.1, -0.05) is 57.8 Å². The van der Waals surface area contributed by atoms with Crippen LogP contribution in [-0.4, -0.2) is 12.2 Å². The molecule has 0 radical (unpaired) electrons. The molecule has 0 saturated heterocycles. The summed E-state index contributed by atoms with van der Waals surface area (Å²) in [5.74, 6) is 2.64. The maximum absolute atomic E-state index is 5.59. The van der Waals surface area contributed by atoms with Crippen LogP contribution < -0.4 is 0 Å². The van der Waals surface area contributed by atoms with E-state index < -0.39 is 0 Å². The lowest BCUT2D eigenvalue weighted by Gasteiger charge is -2.18. The molecular weight excluding hydrogens is 196 g/mol. The summed E-state index contributed by atoms with van der Waals surface area (Å²) in [7, 11) is 0. The van der Waals surface area contributed by atoms with Gasteiger partial charge in [0.05, 0.1) is 0 Å². The van der Waals surface area contributed by atoms with E-state index in [4.69, 9.17) is 11.2 Å². The van der Waals surface area contributed by atoms with Gasteiger partial charge in [-0.2, -0.15) is 0 Å². The van der Waals surface area contributed by atoms with Gasteiger partial charge in [0.25, 0.3) is 0 Å². The highest BCUT2D eigenvalue weighted by Gasteiger charge is 2.12. The molecule has 0 amide bonds. The van der Waals surface area contributed by atoms with Gasteiger partial charge in [0.1, 0.15) is 5.60 Å². The van der Waals surface area contributed by atoms with E-state index in [0.717, 1.165) is 13.0 Å². The molecule has 0 rings (SSSR count). The third-order valence-corrected chi connectivity index (χ3v) is 2.81. The van der Waals surface area contributed by atoms with Crippen molar-refractivity contribution in [3.8, 4) is 12.3 Å². The Morgan fingerprint density at radius 3 is 1.94 bits per heavy atom. The molecule has 0 aliphatic heterocycles. The highest BCUT2D eigenvalue weighted by atomic mass is 16.5. The van der Waals surface area contributed by atoms with Crippen molar-refractivity contribution < 1.29 is 4.74 Å². The minimum Gasteiger partial charge on any atom is -0.363 e. The van der Waals surface area contributed by atoms with Crippen LogP contribution in [0.4, 0.5) is 0 Å². The van der Waals surface area contributed by atoms with E-state index in [1.807, 2.05) is 13.8 Å². The van der Waals surface area contributed by atoms with Gasteiger partial charge in [-0.25, -0.2) is 0 Å². The predicted octanol–water partition coefficient (Wildman–Crippen LogP) is 4.56. The molecule has 0 saturated carbocycles. The quantitative estimate of drug-likeness (QED) is 0.390. The molecule has 0 aliphatic carbocycles. The van der Waals surface area contributed by atoms with Gasteiger partial charge in [-0.3, -0.25) is 0 Å². The van der Waals surface area contributed by atoms with Crippen molar-refractivity contribution in [1.29, 1.82) is 0 Å². The zero-order valence-corrected chi connectivity index (χ0v) is 11.3. The third-order valence-electron chi connectivity index (χ3n) is 2.81. The summed E-state index contributed by atoms with van der Waals surface area (Å²) in [5, 5.41) is 0. The summed E-state index contributed by atoms with van der Waals surface area (Å²) < 4.78 is 5.59. The van der Waals surface area contributed by atoms with Crippen LogP contribution in [0.25, 0.3) is 0 Å². The molecule has 0 bridgehead atoms. The maximum atomic E-state index is 5.59. The molecule has 1 heteroatoms. The van der Waals surface area contributed by atoms with Crippen LogP contribution >= 0.6 is 0 Å². The average Bonchev–Trinajstić information content (AvgIpc) is 2.27. The fourth-order valence-corrected chi connectivity index (χ4v) is 1.60.